The Bertz CT molecular complexity index is 388. The summed E-state index contributed by atoms with van der Waals surface area (Å²) in [5.41, 5.74) is 2.66. The van der Waals surface area contributed by atoms with Crippen LogP contribution in [0.25, 0.3) is 0 Å². The van der Waals surface area contributed by atoms with Crippen molar-refractivity contribution >= 4 is 11.4 Å². The standard InChI is InChI=1S/C17H26N2/c1-14(13-15-5-6-15)18-16-7-9-17(10-8-16)19-11-3-2-4-12-19/h7-10,14-15,18H,2-6,11-13H2,1H3. The van der Waals surface area contributed by atoms with Crippen molar-refractivity contribution in [2.45, 2.75) is 51.5 Å². The number of piperidine rings is 1. The Labute approximate surface area is 117 Å². The summed E-state index contributed by atoms with van der Waals surface area (Å²) in [7, 11) is 0. The first-order valence-electron chi connectivity index (χ1n) is 7.93. The van der Waals surface area contributed by atoms with E-state index < -0.39 is 0 Å². The normalized spacial score (nSPS) is 21.2. The third kappa shape index (κ3) is 3.65. The summed E-state index contributed by atoms with van der Waals surface area (Å²) < 4.78 is 0. The molecule has 1 unspecified atom stereocenters. The van der Waals surface area contributed by atoms with E-state index in [1.165, 1.54) is 63.0 Å². The highest BCUT2D eigenvalue weighted by atomic mass is 15.1. The SMILES string of the molecule is CC(CC1CC1)Nc1ccc(N2CCCCC2)cc1. The molecule has 2 nitrogen and oxygen atoms in total. The minimum atomic E-state index is 0.605. The third-order valence-electron chi connectivity index (χ3n) is 4.39. The van der Waals surface area contributed by atoms with E-state index in [9.17, 15) is 0 Å². The molecule has 1 saturated heterocycles. The van der Waals surface area contributed by atoms with E-state index in [0.29, 0.717) is 6.04 Å². The minimum Gasteiger partial charge on any atom is -0.383 e. The summed E-state index contributed by atoms with van der Waals surface area (Å²) in [4.78, 5) is 2.51. The predicted octanol–water partition coefficient (Wildman–Crippen LogP) is 4.28. The van der Waals surface area contributed by atoms with Gasteiger partial charge >= 0.3 is 0 Å². The van der Waals surface area contributed by atoms with Crippen LogP contribution in [0.3, 0.4) is 0 Å². The van der Waals surface area contributed by atoms with Crippen LogP contribution in [-0.4, -0.2) is 19.1 Å². The molecule has 0 amide bonds. The van der Waals surface area contributed by atoms with Crippen LogP contribution < -0.4 is 10.2 Å². The Hall–Kier alpha value is -1.18. The van der Waals surface area contributed by atoms with E-state index in [1.54, 1.807) is 0 Å². The van der Waals surface area contributed by atoms with Crippen LogP contribution in [0.1, 0.15) is 45.4 Å². The lowest BCUT2D eigenvalue weighted by Gasteiger charge is -2.29. The largest absolute Gasteiger partial charge is 0.383 e. The van der Waals surface area contributed by atoms with E-state index in [4.69, 9.17) is 0 Å². The van der Waals surface area contributed by atoms with Crippen LogP contribution in [0.2, 0.25) is 0 Å². The van der Waals surface area contributed by atoms with Crippen molar-refractivity contribution in [2.75, 3.05) is 23.3 Å². The number of hydrogen-bond donors (Lipinski definition) is 1. The molecule has 1 atom stereocenters. The van der Waals surface area contributed by atoms with Crippen molar-refractivity contribution < 1.29 is 0 Å². The second-order valence-corrected chi connectivity index (χ2v) is 6.32. The van der Waals surface area contributed by atoms with Gasteiger partial charge in [-0.25, -0.2) is 0 Å². The summed E-state index contributed by atoms with van der Waals surface area (Å²) in [5.74, 6) is 0.995. The quantitative estimate of drug-likeness (QED) is 0.848. The topological polar surface area (TPSA) is 15.3 Å². The first-order chi connectivity index (χ1) is 9.31. The van der Waals surface area contributed by atoms with E-state index >= 15 is 0 Å². The molecule has 2 fully saturated rings. The third-order valence-corrected chi connectivity index (χ3v) is 4.39. The maximum atomic E-state index is 3.62. The molecule has 0 spiro atoms. The molecule has 1 N–H and O–H groups in total. The van der Waals surface area contributed by atoms with Crippen LogP contribution in [-0.2, 0) is 0 Å². The Morgan fingerprint density at radius 2 is 1.79 bits per heavy atom. The molecule has 1 heterocycles. The van der Waals surface area contributed by atoms with Crippen molar-refractivity contribution in [3.05, 3.63) is 24.3 Å². The van der Waals surface area contributed by atoms with E-state index in [0.717, 1.165) is 5.92 Å². The van der Waals surface area contributed by atoms with E-state index in [1.807, 2.05) is 0 Å². The van der Waals surface area contributed by atoms with Crippen molar-refractivity contribution in [1.82, 2.24) is 0 Å². The molecule has 1 aliphatic heterocycles. The molecule has 0 aromatic heterocycles. The van der Waals surface area contributed by atoms with Crippen molar-refractivity contribution in [2.24, 2.45) is 5.92 Å². The lowest BCUT2D eigenvalue weighted by Crippen LogP contribution is -2.29. The van der Waals surface area contributed by atoms with Gasteiger partial charge in [0.2, 0.25) is 0 Å². The van der Waals surface area contributed by atoms with Crippen LogP contribution in [0.15, 0.2) is 24.3 Å². The number of hydrogen-bond acceptors (Lipinski definition) is 2. The summed E-state index contributed by atoms with van der Waals surface area (Å²) in [5, 5.41) is 3.62. The molecule has 1 aliphatic carbocycles. The predicted molar refractivity (Wildman–Crippen MR) is 82.9 cm³/mol. The average molecular weight is 258 g/mol. The second kappa shape index (κ2) is 5.85. The molecule has 2 aliphatic rings. The lowest BCUT2D eigenvalue weighted by molar-refractivity contribution is 0.578. The zero-order chi connectivity index (χ0) is 13.1. The van der Waals surface area contributed by atoms with Crippen LogP contribution >= 0.6 is 0 Å². The van der Waals surface area contributed by atoms with Crippen molar-refractivity contribution in [3.63, 3.8) is 0 Å². The van der Waals surface area contributed by atoms with Gasteiger partial charge in [0, 0.05) is 30.5 Å². The van der Waals surface area contributed by atoms with Gasteiger partial charge in [-0.2, -0.15) is 0 Å². The zero-order valence-electron chi connectivity index (χ0n) is 12.1. The molecule has 1 saturated carbocycles. The van der Waals surface area contributed by atoms with Gasteiger partial charge in [-0.1, -0.05) is 12.8 Å². The van der Waals surface area contributed by atoms with Gasteiger partial charge in [0.25, 0.3) is 0 Å². The van der Waals surface area contributed by atoms with Crippen molar-refractivity contribution in [3.8, 4) is 0 Å². The molecule has 2 heteroatoms. The Balaban J connectivity index is 1.55. The number of rotatable bonds is 5. The van der Waals surface area contributed by atoms with Gasteiger partial charge < -0.3 is 10.2 Å². The summed E-state index contributed by atoms with van der Waals surface area (Å²) >= 11 is 0. The van der Waals surface area contributed by atoms with Gasteiger partial charge in [-0.05, 0) is 62.8 Å². The lowest BCUT2D eigenvalue weighted by atomic mass is 10.1. The number of anilines is 2. The highest BCUT2D eigenvalue weighted by molar-refractivity contribution is 5.55. The molecule has 0 radical (unpaired) electrons. The Morgan fingerprint density at radius 1 is 1.11 bits per heavy atom. The van der Waals surface area contributed by atoms with Crippen LogP contribution in [0, 0.1) is 5.92 Å². The summed E-state index contributed by atoms with van der Waals surface area (Å²) in [6.45, 7) is 4.76. The monoisotopic (exact) mass is 258 g/mol. The summed E-state index contributed by atoms with van der Waals surface area (Å²) in [6, 6.07) is 9.64. The molecule has 3 rings (SSSR count). The Kier molecular flexibility index (Phi) is 3.95. The number of nitrogens with one attached hydrogen (secondary N) is 1. The smallest absolute Gasteiger partial charge is 0.0367 e. The first-order valence-corrected chi connectivity index (χ1v) is 7.93. The highest BCUT2D eigenvalue weighted by Crippen LogP contribution is 2.34. The Morgan fingerprint density at radius 3 is 2.42 bits per heavy atom. The molecule has 19 heavy (non-hydrogen) atoms. The van der Waals surface area contributed by atoms with Gasteiger partial charge in [-0.3, -0.25) is 0 Å². The molecule has 0 bridgehead atoms. The summed E-state index contributed by atoms with van der Waals surface area (Å²) in [6.07, 6.45) is 8.30. The maximum Gasteiger partial charge on any atom is 0.0367 e. The first kappa shape index (κ1) is 12.8. The molecule has 1 aromatic carbocycles. The molecular formula is C17H26N2. The molecule has 1 aromatic rings. The van der Waals surface area contributed by atoms with Gasteiger partial charge in [-0.15, -0.1) is 0 Å². The van der Waals surface area contributed by atoms with Gasteiger partial charge in [0.1, 0.15) is 0 Å². The molecular weight excluding hydrogens is 232 g/mol. The minimum absolute atomic E-state index is 0.605. The average Bonchev–Trinajstić information content (AvgIpc) is 3.24. The zero-order valence-corrected chi connectivity index (χ0v) is 12.1. The van der Waals surface area contributed by atoms with E-state index in [2.05, 4.69) is 41.4 Å². The maximum absolute atomic E-state index is 3.62. The van der Waals surface area contributed by atoms with Crippen LogP contribution in [0.4, 0.5) is 11.4 Å². The van der Waals surface area contributed by atoms with Crippen molar-refractivity contribution in [1.29, 1.82) is 0 Å². The second-order valence-electron chi connectivity index (χ2n) is 6.32. The fourth-order valence-electron chi connectivity index (χ4n) is 3.12. The molecule has 104 valence electrons. The fraction of sp³-hybridized carbons (Fsp3) is 0.647. The fourth-order valence-corrected chi connectivity index (χ4v) is 3.12. The van der Waals surface area contributed by atoms with Gasteiger partial charge in [0.05, 0.1) is 0 Å². The van der Waals surface area contributed by atoms with Gasteiger partial charge in [0.15, 0.2) is 0 Å². The number of benzene rings is 1. The van der Waals surface area contributed by atoms with E-state index in [-0.39, 0.29) is 0 Å². The number of nitrogens with zero attached hydrogens (tertiary/aromatic N) is 1. The highest BCUT2D eigenvalue weighted by Gasteiger charge is 2.23. The van der Waals surface area contributed by atoms with Crippen LogP contribution in [0.5, 0.6) is 0 Å².